The first-order valence-corrected chi connectivity index (χ1v) is 9.09. The van der Waals surface area contributed by atoms with E-state index in [1.54, 1.807) is 0 Å². The summed E-state index contributed by atoms with van der Waals surface area (Å²) in [6.07, 6.45) is -0.446. The third-order valence-corrected chi connectivity index (χ3v) is 3.24. The minimum absolute atomic E-state index is 0.446. The first-order valence-electron chi connectivity index (χ1n) is 5.68. The summed E-state index contributed by atoms with van der Waals surface area (Å²) in [7, 11) is 2.30. The lowest BCUT2D eigenvalue weighted by atomic mass is 10.1. The molecule has 0 fully saturated rings. The SMILES string of the molecule is CN(C)c1ccc([C@H](C#N)O[Si](C)(C)C)cc1. The second kappa shape index (κ2) is 5.35. The van der Waals surface area contributed by atoms with E-state index in [2.05, 4.69) is 25.7 Å². The van der Waals surface area contributed by atoms with Gasteiger partial charge in [-0.1, -0.05) is 12.1 Å². The van der Waals surface area contributed by atoms with Crippen LogP contribution in [0.1, 0.15) is 11.7 Å². The summed E-state index contributed by atoms with van der Waals surface area (Å²) >= 11 is 0. The van der Waals surface area contributed by atoms with Crippen molar-refractivity contribution in [1.82, 2.24) is 0 Å². The van der Waals surface area contributed by atoms with Crippen molar-refractivity contribution in [3.63, 3.8) is 0 Å². The molecular formula is C13H20N2OSi. The molecule has 0 radical (unpaired) electrons. The molecule has 0 aliphatic heterocycles. The molecule has 0 unspecified atom stereocenters. The number of hydrogen-bond acceptors (Lipinski definition) is 3. The van der Waals surface area contributed by atoms with Crippen LogP contribution in [0.5, 0.6) is 0 Å². The summed E-state index contributed by atoms with van der Waals surface area (Å²) in [5.74, 6) is 0. The van der Waals surface area contributed by atoms with Crippen molar-refractivity contribution in [2.45, 2.75) is 25.7 Å². The molecule has 92 valence electrons. The Hall–Kier alpha value is -1.31. The smallest absolute Gasteiger partial charge is 0.186 e. The fraction of sp³-hybridized carbons (Fsp3) is 0.462. The number of nitrogens with zero attached hydrogens (tertiary/aromatic N) is 2. The highest BCUT2D eigenvalue weighted by Crippen LogP contribution is 2.23. The van der Waals surface area contributed by atoms with Gasteiger partial charge in [0.2, 0.25) is 0 Å². The Bertz CT molecular complexity index is 401. The van der Waals surface area contributed by atoms with E-state index < -0.39 is 14.4 Å². The van der Waals surface area contributed by atoms with Crippen molar-refractivity contribution in [3.05, 3.63) is 29.8 Å². The summed E-state index contributed by atoms with van der Waals surface area (Å²) < 4.78 is 5.84. The Morgan fingerprint density at radius 2 is 1.71 bits per heavy atom. The van der Waals surface area contributed by atoms with Crippen molar-refractivity contribution in [2.24, 2.45) is 0 Å². The maximum Gasteiger partial charge on any atom is 0.186 e. The van der Waals surface area contributed by atoms with E-state index in [1.807, 2.05) is 43.3 Å². The molecule has 0 spiro atoms. The van der Waals surface area contributed by atoms with Gasteiger partial charge < -0.3 is 9.33 Å². The van der Waals surface area contributed by atoms with E-state index in [-0.39, 0.29) is 0 Å². The quantitative estimate of drug-likeness (QED) is 0.768. The highest BCUT2D eigenvalue weighted by atomic mass is 28.4. The largest absolute Gasteiger partial charge is 0.399 e. The minimum atomic E-state index is -1.69. The van der Waals surface area contributed by atoms with Crippen molar-refractivity contribution >= 4 is 14.0 Å². The lowest BCUT2D eigenvalue weighted by Crippen LogP contribution is -2.27. The molecule has 3 nitrogen and oxygen atoms in total. The third-order valence-electron chi connectivity index (χ3n) is 2.30. The van der Waals surface area contributed by atoms with Crippen LogP contribution in [0.2, 0.25) is 19.6 Å². The van der Waals surface area contributed by atoms with Gasteiger partial charge in [-0.05, 0) is 37.3 Å². The van der Waals surface area contributed by atoms with Crippen molar-refractivity contribution in [2.75, 3.05) is 19.0 Å². The van der Waals surface area contributed by atoms with Gasteiger partial charge in [-0.15, -0.1) is 0 Å². The van der Waals surface area contributed by atoms with Crippen LogP contribution in [-0.2, 0) is 4.43 Å². The summed E-state index contributed by atoms with van der Waals surface area (Å²) in [5.41, 5.74) is 2.05. The normalized spacial score (nSPS) is 12.9. The topological polar surface area (TPSA) is 36.3 Å². The van der Waals surface area contributed by atoms with E-state index in [9.17, 15) is 0 Å². The molecule has 0 saturated carbocycles. The second-order valence-electron chi connectivity index (χ2n) is 5.23. The zero-order valence-electron chi connectivity index (χ0n) is 11.2. The highest BCUT2D eigenvalue weighted by Gasteiger charge is 2.22. The second-order valence-corrected chi connectivity index (χ2v) is 9.69. The fourth-order valence-corrected chi connectivity index (χ4v) is 2.37. The van der Waals surface area contributed by atoms with Crippen LogP contribution in [-0.4, -0.2) is 22.4 Å². The van der Waals surface area contributed by atoms with Crippen molar-refractivity contribution < 1.29 is 4.43 Å². The molecule has 0 aromatic heterocycles. The number of anilines is 1. The predicted octanol–water partition coefficient (Wildman–Crippen LogP) is 3.17. The lowest BCUT2D eigenvalue weighted by molar-refractivity contribution is 0.255. The fourth-order valence-electron chi connectivity index (χ4n) is 1.47. The average Bonchev–Trinajstić information content (AvgIpc) is 2.25. The molecule has 4 heteroatoms. The van der Waals surface area contributed by atoms with Crippen LogP contribution in [0.4, 0.5) is 5.69 Å². The van der Waals surface area contributed by atoms with Crippen molar-refractivity contribution in [1.29, 1.82) is 5.26 Å². The van der Waals surface area contributed by atoms with Gasteiger partial charge in [-0.25, -0.2) is 0 Å². The molecule has 0 N–H and O–H groups in total. The van der Waals surface area contributed by atoms with E-state index in [4.69, 9.17) is 9.69 Å². The van der Waals surface area contributed by atoms with Gasteiger partial charge in [0.1, 0.15) is 0 Å². The maximum absolute atomic E-state index is 9.16. The standard InChI is InChI=1S/C13H20N2OSi/c1-15(2)12-8-6-11(7-9-12)13(10-14)16-17(3,4)5/h6-9,13H,1-5H3/t13-/m0/s1. The zero-order valence-corrected chi connectivity index (χ0v) is 12.2. The molecule has 0 aliphatic rings. The van der Waals surface area contributed by atoms with Crippen LogP contribution in [0.15, 0.2) is 24.3 Å². The molecule has 0 aliphatic carbocycles. The van der Waals surface area contributed by atoms with Gasteiger partial charge in [0.05, 0.1) is 6.07 Å². The predicted molar refractivity (Wildman–Crippen MR) is 73.6 cm³/mol. The molecule has 1 aromatic rings. The monoisotopic (exact) mass is 248 g/mol. The van der Waals surface area contributed by atoms with Crippen LogP contribution < -0.4 is 4.90 Å². The molecule has 1 rings (SSSR count). The van der Waals surface area contributed by atoms with Gasteiger partial charge in [-0.2, -0.15) is 5.26 Å². The molecule has 1 aromatic carbocycles. The highest BCUT2D eigenvalue weighted by molar-refractivity contribution is 6.69. The summed E-state index contributed by atoms with van der Waals surface area (Å²) in [4.78, 5) is 2.03. The Morgan fingerprint density at radius 1 is 1.18 bits per heavy atom. The van der Waals surface area contributed by atoms with E-state index >= 15 is 0 Å². The molecule has 1 atom stereocenters. The van der Waals surface area contributed by atoms with Gasteiger partial charge in [0.25, 0.3) is 0 Å². The third kappa shape index (κ3) is 4.21. The Balaban J connectivity index is 2.87. The van der Waals surface area contributed by atoms with Crippen LogP contribution in [0.25, 0.3) is 0 Å². The van der Waals surface area contributed by atoms with Crippen LogP contribution >= 0.6 is 0 Å². The maximum atomic E-state index is 9.16. The average molecular weight is 248 g/mol. The molecular weight excluding hydrogens is 228 g/mol. The molecule has 17 heavy (non-hydrogen) atoms. The number of benzene rings is 1. The summed E-state index contributed by atoms with van der Waals surface area (Å²) in [6, 6.07) is 10.2. The molecule has 0 bridgehead atoms. The van der Waals surface area contributed by atoms with Crippen LogP contribution in [0, 0.1) is 11.3 Å². The first-order chi connectivity index (χ1) is 7.83. The Labute approximate surface area is 105 Å². The number of hydrogen-bond donors (Lipinski definition) is 0. The molecule has 0 saturated heterocycles. The molecule has 0 amide bonds. The van der Waals surface area contributed by atoms with Crippen LogP contribution in [0.3, 0.4) is 0 Å². The molecule has 0 heterocycles. The lowest BCUT2D eigenvalue weighted by Gasteiger charge is -2.22. The Kier molecular flexibility index (Phi) is 4.32. The van der Waals surface area contributed by atoms with E-state index in [1.165, 1.54) is 0 Å². The van der Waals surface area contributed by atoms with Gasteiger partial charge in [0, 0.05) is 19.8 Å². The summed E-state index contributed by atoms with van der Waals surface area (Å²) in [6.45, 7) is 6.27. The Morgan fingerprint density at radius 3 is 2.06 bits per heavy atom. The van der Waals surface area contributed by atoms with Gasteiger partial charge in [0.15, 0.2) is 14.4 Å². The minimum Gasteiger partial charge on any atom is -0.399 e. The zero-order chi connectivity index (χ0) is 13.1. The number of rotatable bonds is 4. The number of nitriles is 1. The van der Waals surface area contributed by atoms with Crippen molar-refractivity contribution in [3.8, 4) is 6.07 Å². The van der Waals surface area contributed by atoms with E-state index in [0.29, 0.717) is 0 Å². The van der Waals surface area contributed by atoms with E-state index in [0.717, 1.165) is 11.3 Å². The van der Waals surface area contributed by atoms with Gasteiger partial charge in [-0.3, -0.25) is 0 Å². The summed E-state index contributed by atoms with van der Waals surface area (Å²) in [5, 5.41) is 9.16. The van der Waals surface area contributed by atoms with Gasteiger partial charge >= 0.3 is 0 Å². The first kappa shape index (κ1) is 13.8.